The number of methoxy groups -OCH3 is 1. The molecule has 0 aromatic carbocycles. The minimum Gasteiger partial charge on any atom is -0.480 e. The molecule has 2 atom stereocenters. The molecule has 0 radical (unpaired) electrons. The molecule has 0 spiro atoms. The van der Waals surface area contributed by atoms with Crippen LogP contribution < -0.4 is 0 Å². The Hall–Kier alpha value is -1.10. The van der Waals surface area contributed by atoms with Crippen molar-refractivity contribution < 1.29 is 19.4 Å². The van der Waals surface area contributed by atoms with E-state index in [2.05, 4.69) is 0 Å². The van der Waals surface area contributed by atoms with Crippen molar-refractivity contribution in [3.05, 3.63) is 0 Å². The van der Waals surface area contributed by atoms with Crippen LogP contribution in [0.1, 0.15) is 26.2 Å². The number of likely N-dealkylation sites (tertiary alicyclic amines) is 1. The van der Waals surface area contributed by atoms with Crippen LogP contribution in [0, 0.1) is 5.92 Å². The number of hydrogen-bond donors (Lipinski definition) is 1. The van der Waals surface area contributed by atoms with Gasteiger partial charge in [0.1, 0.15) is 6.04 Å². The van der Waals surface area contributed by atoms with Gasteiger partial charge in [-0.05, 0) is 18.8 Å². The zero-order chi connectivity index (χ0) is 12.1. The molecule has 5 nitrogen and oxygen atoms in total. The first-order chi connectivity index (χ1) is 7.57. The van der Waals surface area contributed by atoms with Crippen LogP contribution in [0.5, 0.6) is 0 Å². The number of nitrogens with zero attached hydrogens (tertiary/aromatic N) is 1. The van der Waals surface area contributed by atoms with Crippen molar-refractivity contribution in [1.29, 1.82) is 0 Å². The summed E-state index contributed by atoms with van der Waals surface area (Å²) in [5, 5.41) is 9.06. The fraction of sp³-hybridized carbons (Fsp3) is 0.818. The van der Waals surface area contributed by atoms with Gasteiger partial charge in [-0.15, -0.1) is 0 Å². The molecule has 0 aromatic rings. The molecule has 5 heteroatoms. The number of ether oxygens (including phenoxy) is 1. The lowest BCUT2D eigenvalue weighted by Crippen LogP contribution is -2.42. The molecule has 0 aromatic heterocycles. The maximum Gasteiger partial charge on any atom is 0.326 e. The third kappa shape index (κ3) is 2.95. The summed E-state index contributed by atoms with van der Waals surface area (Å²) in [6, 6.07) is -0.643. The van der Waals surface area contributed by atoms with E-state index >= 15 is 0 Å². The third-order valence-corrected chi connectivity index (χ3v) is 3.01. The topological polar surface area (TPSA) is 66.8 Å². The molecule has 1 amide bonds. The van der Waals surface area contributed by atoms with E-state index in [1.54, 1.807) is 7.11 Å². The van der Waals surface area contributed by atoms with Gasteiger partial charge >= 0.3 is 5.97 Å². The van der Waals surface area contributed by atoms with Crippen LogP contribution in [0.2, 0.25) is 0 Å². The van der Waals surface area contributed by atoms with Gasteiger partial charge < -0.3 is 14.7 Å². The fourth-order valence-electron chi connectivity index (χ4n) is 2.11. The van der Waals surface area contributed by atoms with Gasteiger partial charge in [-0.3, -0.25) is 4.79 Å². The molecule has 1 saturated heterocycles. The standard InChI is InChI=1S/C11H19NO4/c1-8-5-6-12(10(8)11(14)15)9(13)4-3-7-16-2/h8,10H,3-7H2,1-2H3,(H,14,15). The second kappa shape index (κ2) is 5.84. The monoisotopic (exact) mass is 229 g/mol. The Balaban J connectivity index is 2.51. The zero-order valence-corrected chi connectivity index (χ0v) is 9.81. The molecule has 1 N–H and O–H groups in total. The van der Waals surface area contributed by atoms with Crippen LogP contribution in [0.25, 0.3) is 0 Å². The van der Waals surface area contributed by atoms with E-state index in [0.29, 0.717) is 26.0 Å². The first kappa shape index (κ1) is 13.0. The summed E-state index contributed by atoms with van der Waals surface area (Å²) in [4.78, 5) is 24.3. The van der Waals surface area contributed by atoms with Crippen molar-refractivity contribution in [2.24, 2.45) is 5.92 Å². The molecule has 0 aliphatic carbocycles. The Morgan fingerprint density at radius 3 is 2.75 bits per heavy atom. The second-order valence-electron chi connectivity index (χ2n) is 4.23. The van der Waals surface area contributed by atoms with Crippen LogP contribution in [-0.2, 0) is 14.3 Å². The number of rotatable bonds is 5. The highest BCUT2D eigenvalue weighted by atomic mass is 16.5. The van der Waals surface area contributed by atoms with Crippen molar-refractivity contribution in [3.8, 4) is 0 Å². The molecule has 1 fully saturated rings. The van der Waals surface area contributed by atoms with Gasteiger partial charge in [0.05, 0.1) is 0 Å². The molecule has 16 heavy (non-hydrogen) atoms. The van der Waals surface area contributed by atoms with E-state index in [-0.39, 0.29) is 11.8 Å². The van der Waals surface area contributed by atoms with E-state index in [1.165, 1.54) is 4.90 Å². The van der Waals surface area contributed by atoms with E-state index < -0.39 is 12.0 Å². The zero-order valence-electron chi connectivity index (χ0n) is 9.81. The lowest BCUT2D eigenvalue weighted by atomic mass is 10.0. The molecule has 0 saturated carbocycles. The van der Waals surface area contributed by atoms with Crippen molar-refractivity contribution in [3.63, 3.8) is 0 Å². The lowest BCUT2D eigenvalue weighted by molar-refractivity contribution is -0.149. The Labute approximate surface area is 95.4 Å². The summed E-state index contributed by atoms with van der Waals surface area (Å²) in [7, 11) is 1.59. The number of carboxylic acids is 1. The van der Waals surface area contributed by atoms with E-state index in [0.717, 1.165) is 6.42 Å². The summed E-state index contributed by atoms with van der Waals surface area (Å²) in [5.41, 5.74) is 0. The van der Waals surface area contributed by atoms with Crippen LogP contribution in [0.3, 0.4) is 0 Å². The van der Waals surface area contributed by atoms with Crippen LogP contribution in [0.4, 0.5) is 0 Å². The Morgan fingerprint density at radius 1 is 1.50 bits per heavy atom. The fourth-order valence-corrected chi connectivity index (χ4v) is 2.11. The highest BCUT2D eigenvalue weighted by Gasteiger charge is 2.38. The smallest absolute Gasteiger partial charge is 0.326 e. The minimum atomic E-state index is -0.898. The number of carbonyl (C=O) groups is 2. The maximum absolute atomic E-state index is 11.8. The first-order valence-corrected chi connectivity index (χ1v) is 5.59. The highest BCUT2D eigenvalue weighted by molar-refractivity contribution is 5.84. The predicted molar refractivity (Wildman–Crippen MR) is 58.0 cm³/mol. The van der Waals surface area contributed by atoms with Gasteiger partial charge in [0.15, 0.2) is 0 Å². The van der Waals surface area contributed by atoms with Crippen LogP contribution >= 0.6 is 0 Å². The molecule has 0 bridgehead atoms. The molecule has 1 aliphatic heterocycles. The third-order valence-electron chi connectivity index (χ3n) is 3.01. The molecule has 1 heterocycles. The molecule has 92 valence electrons. The second-order valence-corrected chi connectivity index (χ2v) is 4.23. The van der Waals surface area contributed by atoms with E-state index in [4.69, 9.17) is 9.84 Å². The van der Waals surface area contributed by atoms with Gasteiger partial charge in [-0.25, -0.2) is 4.79 Å². The summed E-state index contributed by atoms with van der Waals surface area (Å²) in [6.07, 6.45) is 1.78. The quantitative estimate of drug-likeness (QED) is 0.706. The summed E-state index contributed by atoms with van der Waals surface area (Å²) < 4.78 is 4.86. The first-order valence-electron chi connectivity index (χ1n) is 5.59. The molecule has 1 aliphatic rings. The Morgan fingerprint density at radius 2 is 2.19 bits per heavy atom. The SMILES string of the molecule is COCCCC(=O)N1CCC(C)C1C(=O)O. The average molecular weight is 229 g/mol. The van der Waals surface area contributed by atoms with Gasteiger partial charge in [-0.1, -0.05) is 6.92 Å². The summed E-state index contributed by atoms with van der Waals surface area (Å²) >= 11 is 0. The lowest BCUT2D eigenvalue weighted by Gasteiger charge is -2.23. The van der Waals surface area contributed by atoms with E-state index in [9.17, 15) is 9.59 Å². The minimum absolute atomic E-state index is 0.0453. The van der Waals surface area contributed by atoms with Crippen molar-refractivity contribution in [2.45, 2.75) is 32.2 Å². The number of carbonyl (C=O) groups excluding carboxylic acids is 1. The van der Waals surface area contributed by atoms with Crippen LogP contribution in [-0.4, -0.2) is 48.2 Å². The average Bonchev–Trinajstić information content (AvgIpc) is 2.60. The number of aliphatic carboxylic acids is 1. The number of amides is 1. The van der Waals surface area contributed by atoms with Gasteiger partial charge in [0.25, 0.3) is 0 Å². The predicted octanol–water partition coefficient (Wildman–Crippen LogP) is 0.735. The van der Waals surface area contributed by atoms with Crippen molar-refractivity contribution >= 4 is 11.9 Å². The number of carboxylic acid groups (broad SMARTS) is 1. The summed E-state index contributed by atoms with van der Waals surface area (Å²) in [5.74, 6) is -0.928. The normalized spacial score (nSPS) is 24.8. The summed E-state index contributed by atoms with van der Waals surface area (Å²) in [6.45, 7) is 2.97. The highest BCUT2D eigenvalue weighted by Crippen LogP contribution is 2.24. The van der Waals surface area contributed by atoms with Crippen LogP contribution in [0.15, 0.2) is 0 Å². The van der Waals surface area contributed by atoms with Crippen molar-refractivity contribution in [1.82, 2.24) is 4.90 Å². The Bertz CT molecular complexity index is 267. The largest absolute Gasteiger partial charge is 0.480 e. The van der Waals surface area contributed by atoms with Gasteiger partial charge in [-0.2, -0.15) is 0 Å². The van der Waals surface area contributed by atoms with E-state index in [1.807, 2.05) is 6.92 Å². The molecule has 1 rings (SSSR count). The molecule has 2 unspecified atom stereocenters. The molecular weight excluding hydrogens is 210 g/mol. The van der Waals surface area contributed by atoms with Gasteiger partial charge in [0, 0.05) is 26.7 Å². The Kier molecular flexibility index (Phi) is 4.73. The molecular formula is C11H19NO4. The maximum atomic E-state index is 11.8. The van der Waals surface area contributed by atoms with Gasteiger partial charge in [0.2, 0.25) is 5.91 Å². The number of hydrogen-bond acceptors (Lipinski definition) is 3. The van der Waals surface area contributed by atoms with Crippen molar-refractivity contribution in [2.75, 3.05) is 20.3 Å².